The lowest BCUT2D eigenvalue weighted by Crippen LogP contribution is -2.33. The molecule has 4 aromatic rings. The van der Waals surface area contributed by atoms with Crippen molar-refractivity contribution in [3.05, 3.63) is 102 Å². The highest BCUT2D eigenvalue weighted by Gasteiger charge is 2.30. The standard InChI is InChI=1S/C24H21N5O3S/c30-27-13-5-8-21(18-27)29(20-7-4-11-25-16-20)17-19-6-3-12-26-24(19)28-14-15-33(31,32)23-10-2-1-9-22(23)28/h1-13,16,18H,14-15,17H2. The maximum atomic E-state index is 12.6. The summed E-state index contributed by atoms with van der Waals surface area (Å²) in [6.45, 7) is 0.715. The van der Waals surface area contributed by atoms with Gasteiger partial charge in [0.25, 0.3) is 0 Å². The molecule has 0 unspecified atom stereocenters. The average Bonchev–Trinajstić information content (AvgIpc) is 2.84. The number of hydrogen-bond acceptors (Lipinski definition) is 7. The zero-order chi connectivity index (χ0) is 22.8. The lowest BCUT2D eigenvalue weighted by molar-refractivity contribution is -0.604. The van der Waals surface area contributed by atoms with Gasteiger partial charge in [0.2, 0.25) is 6.20 Å². The molecule has 0 radical (unpaired) electrons. The van der Waals surface area contributed by atoms with Crippen LogP contribution in [0, 0.1) is 5.21 Å². The van der Waals surface area contributed by atoms with Crippen LogP contribution < -0.4 is 14.5 Å². The van der Waals surface area contributed by atoms with Crippen LogP contribution in [0.1, 0.15) is 5.56 Å². The molecule has 4 heterocycles. The molecule has 33 heavy (non-hydrogen) atoms. The molecule has 9 heteroatoms. The lowest BCUT2D eigenvalue weighted by Gasteiger charge is -2.32. The fraction of sp³-hybridized carbons (Fsp3) is 0.125. The van der Waals surface area contributed by atoms with Gasteiger partial charge in [-0.3, -0.25) is 4.98 Å². The predicted octanol–water partition coefficient (Wildman–Crippen LogP) is 3.37. The van der Waals surface area contributed by atoms with E-state index in [4.69, 9.17) is 0 Å². The molecule has 8 nitrogen and oxygen atoms in total. The van der Waals surface area contributed by atoms with Crippen molar-refractivity contribution in [3.8, 4) is 0 Å². The van der Waals surface area contributed by atoms with Crippen molar-refractivity contribution in [3.63, 3.8) is 0 Å². The first-order chi connectivity index (χ1) is 16.0. The zero-order valence-corrected chi connectivity index (χ0v) is 18.5. The predicted molar refractivity (Wildman–Crippen MR) is 125 cm³/mol. The average molecular weight is 460 g/mol. The molecule has 0 fully saturated rings. The quantitative estimate of drug-likeness (QED) is 0.334. The minimum atomic E-state index is -3.34. The molecule has 0 saturated heterocycles. The maximum absolute atomic E-state index is 12.6. The van der Waals surface area contributed by atoms with Crippen LogP contribution in [0.2, 0.25) is 0 Å². The Labute approximate surface area is 191 Å². The molecule has 166 valence electrons. The number of benzene rings is 1. The second kappa shape index (κ2) is 8.51. The summed E-state index contributed by atoms with van der Waals surface area (Å²) < 4.78 is 26.0. The molecule has 0 atom stereocenters. The van der Waals surface area contributed by atoms with Crippen molar-refractivity contribution in [2.45, 2.75) is 11.4 Å². The molecule has 0 N–H and O–H groups in total. The Bertz CT molecular complexity index is 1400. The third-order valence-electron chi connectivity index (χ3n) is 5.56. The number of hydrogen-bond donors (Lipinski definition) is 0. The molecule has 1 aliphatic heterocycles. The fourth-order valence-electron chi connectivity index (χ4n) is 4.02. The molecule has 5 rings (SSSR count). The maximum Gasteiger partial charge on any atom is 0.204 e. The number of nitrogens with zero attached hydrogens (tertiary/aromatic N) is 5. The molecule has 0 amide bonds. The van der Waals surface area contributed by atoms with Gasteiger partial charge in [0, 0.05) is 30.6 Å². The third kappa shape index (κ3) is 4.10. The highest BCUT2D eigenvalue weighted by atomic mass is 32.2. The topological polar surface area (TPSA) is 93.3 Å². The smallest absolute Gasteiger partial charge is 0.204 e. The van der Waals surface area contributed by atoms with E-state index in [2.05, 4.69) is 9.97 Å². The van der Waals surface area contributed by atoms with E-state index in [0.29, 0.717) is 35.2 Å². The number of rotatable bonds is 5. The van der Waals surface area contributed by atoms with Crippen molar-refractivity contribution < 1.29 is 13.1 Å². The first-order valence-corrected chi connectivity index (χ1v) is 12.1. The van der Waals surface area contributed by atoms with E-state index in [1.165, 1.54) is 12.4 Å². The van der Waals surface area contributed by atoms with Crippen LogP contribution >= 0.6 is 0 Å². The summed E-state index contributed by atoms with van der Waals surface area (Å²) in [5, 5.41) is 12.0. The van der Waals surface area contributed by atoms with E-state index >= 15 is 0 Å². The normalized spacial score (nSPS) is 14.5. The summed E-state index contributed by atoms with van der Waals surface area (Å²) in [7, 11) is -3.34. The van der Waals surface area contributed by atoms with Crippen LogP contribution in [0.4, 0.5) is 22.9 Å². The van der Waals surface area contributed by atoms with Gasteiger partial charge in [-0.05, 0) is 36.4 Å². The molecular formula is C24H21N5O3S. The lowest BCUT2D eigenvalue weighted by atomic mass is 10.1. The first kappa shape index (κ1) is 20.9. The fourth-order valence-corrected chi connectivity index (χ4v) is 5.45. The van der Waals surface area contributed by atoms with Gasteiger partial charge in [-0.1, -0.05) is 18.2 Å². The third-order valence-corrected chi connectivity index (χ3v) is 7.29. The van der Waals surface area contributed by atoms with Crippen LogP contribution in [0.5, 0.6) is 0 Å². The Kier molecular flexibility index (Phi) is 5.39. The Balaban J connectivity index is 1.59. The Hall–Kier alpha value is -3.98. The van der Waals surface area contributed by atoms with E-state index in [1.807, 2.05) is 46.2 Å². The Morgan fingerprint density at radius 1 is 1.00 bits per heavy atom. The SMILES string of the molecule is O=S1(=O)CCN(c2ncccc2CN(c2cccnc2)c2ccc[n+]([O-])c2)c2ccccc21. The van der Waals surface area contributed by atoms with E-state index < -0.39 is 9.84 Å². The molecular weight excluding hydrogens is 438 g/mol. The van der Waals surface area contributed by atoms with Crippen LogP contribution in [-0.4, -0.2) is 30.7 Å². The van der Waals surface area contributed by atoms with E-state index in [0.717, 1.165) is 16.0 Å². The van der Waals surface area contributed by atoms with Crippen molar-refractivity contribution in [1.82, 2.24) is 9.97 Å². The number of aromatic nitrogens is 3. The summed E-state index contributed by atoms with van der Waals surface area (Å²) in [5.74, 6) is 0.695. The highest BCUT2D eigenvalue weighted by Crippen LogP contribution is 2.37. The van der Waals surface area contributed by atoms with Crippen LogP contribution in [0.15, 0.2) is 96.5 Å². The minimum Gasteiger partial charge on any atom is -0.619 e. The molecule has 0 spiro atoms. The second-order valence-corrected chi connectivity index (χ2v) is 9.72. The summed E-state index contributed by atoms with van der Waals surface area (Å²) in [6, 6.07) is 18.1. The Morgan fingerprint density at radius 2 is 1.82 bits per heavy atom. The number of anilines is 4. The van der Waals surface area contributed by atoms with E-state index in [-0.39, 0.29) is 5.75 Å². The van der Waals surface area contributed by atoms with Crippen LogP contribution in [0.3, 0.4) is 0 Å². The highest BCUT2D eigenvalue weighted by molar-refractivity contribution is 7.91. The number of sulfone groups is 1. The summed E-state index contributed by atoms with van der Waals surface area (Å²) in [6.07, 6.45) is 8.08. The Morgan fingerprint density at radius 3 is 2.64 bits per heavy atom. The molecule has 0 aliphatic carbocycles. The molecule has 3 aromatic heterocycles. The van der Waals surface area contributed by atoms with Gasteiger partial charge in [-0.15, -0.1) is 0 Å². The summed E-state index contributed by atoms with van der Waals surface area (Å²) >= 11 is 0. The van der Waals surface area contributed by atoms with E-state index in [9.17, 15) is 13.6 Å². The monoisotopic (exact) mass is 459 g/mol. The summed E-state index contributed by atoms with van der Waals surface area (Å²) in [4.78, 5) is 13.1. The van der Waals surface area contributed by atoms with Crippen molar-refractivity contribution in [2.24, 2.45) is 0 Å². The van der Waals surface area contributed by atoms with Crippen molar-refractivity contribution >= 4 is 32.7 Å². The van der Waals surface area contributed by atoms with Crippen LogP contribution in [0.25, 0.3) is 0 Å². The zero-order valence-electron chi connectivity index (χ0n) is 17.7. The van der Waals surface area contributed by atoms with Gasteiger partial charge in [0.15, 0.2) is 16.0 Å². The van der Waals surface area contributed by atoms with Gasteiger partial charge in [0.1, 0.15) is 11.5 Å². The summed E-state index contributed by atoms with van der Waals surface area (Å²) in [5.41, 5.74) is 3.03. The van der Waals surface area contributed by atoms with E-state index in [1.54, 1.807) is 42.9 Å². The molecule has 0 bridgehead atoms. The van der Waals surface area contributed by atoms with Gasteiger partial charge in [0.05, 0.1) is 34.8 Å². The second-order valence-electron chi connectivity index (χ2n) is 7.64. The van der Waals surface area contributed by atoms with Gasteiger partial charge in [-0.2, -0.15) is 4.73 Å². The number of fused-ring (bicyclic) bond motifs is 1. The first-order valence-electron chi connectivity index (χ1n) is 10.4. The van der Waals surface area contributed by atoms with Gasteiger partial charge in [-0.25, -0.2) is 13.4 Å². The largest absolute Gasteiger partial charge is 0.619 e. The van der Waals surface area contributed by atoms with Gasteiger partial charge >= 0.3 is 0 Å². The minimum absolute atomic E-state index is 0.0151. The number of para-hydroxylation sites is 1. The number of pyridine rings is 3. The molecule has 1 aromatic carbocycles. The molecule has 1 aliphatic rings. The molecule has 0 saturated carbocycles. The van der Waals surface area contributed by atoms with Crippen molar-refractivity contribution in [2.75, 3.05) is 22.1 Å². The van der Waals surface area contributed by atoms with Crippen molar-refractivity contribution in [1.29, 1.82) is 0 Å². The van der Waals surface area contributed by atoms with Crippen LogP contribution in [-0.2, 0) is 16.4 Å². The van der Waals surface area contributed by atoms with Gasteiger partial charge < -0.3 is 15.0 Å².